The Morgan fingerprint density at radius 3 is 1.61 bits per heavy atom. The zero-order valence-electron chi connectivity index (χ0n) is 24.6. The Labute approximate surface area is 233 Å². The predicted octanol–water partition coefficient (Wildman–Crippen LogP) is 10.1. The van der Waals surface area contributed by atoms with Gasteiger partial charge in [-0.2, -0.15) is 0 Å². The maximum absolute atomic E-state index is 10.9. The first kappa shape index (κ1) is 35.7. The average molecular weight is 533 g/mol. The molecule has 0 saturated carbocycles. The number of aliphatic carboxylic acids is 1. The zero-order chi connectivity index (χ0) is 28.3. The molecular formula is C33H56O5. The summed E-state index contributed by atoms with van der Waals surface area (Å²) in [5, 5.41) is 17.7. The minimum absolute atomic E-state index is 0.0440. The van der Waals surface area contributed by atoms with E-state index in [1.807, 2.05) is 0 Å². The zero-order valence-corrected chi connectivity index (χ0v) is 24.6. The number of aromatic hydroxyl groups is 1. The minimum Gasteiger partial charge on any atom is -0.504 e. The number of hydrogen-bond acceptors (Lipinski definition) is 4. The van der Waals surface area contributed by atoms with Crippen LogP contribution in [0.25, 0.3) is 0 Å². The van der Waals surface area contributed by atoms with Crippen LogP contribution in [0.4, 0.5) is 0 Å². The molecule has 5 nitrogen and oxygen atoms in total. The molecule has 0 aliphatic heterocycles. The molecule has 218 valence electrons. The summed E-state index contributed by atoms with van der Waals surface area (Å²) >= 11 is 0. The Balaban J connectivity index is 0.000000942. The fourth-order valence-electron chi connectivity index (χ4n) is 4.30. The van der Waals surface area contributed by atoms with Crippen LogP contribution in [0.5, 0.6) is 11.5 Å². The minimum atomic E-state index is -0.654. The van der Waals surface area contributed by atoms with Gasteiger partial charge in [0.1, 0.15) is 0 Å². The van der Waals surface area contributed by atoms with E-state index >= 15 is 0 Å². The first-order valence-electron chi connectivity index (χ1n) is 15.2. The lowest BCUT2D eigenvalue weighted by molar-refractivity contribution is -0.137. The van der Waals surface area contributed by atoms with E-state index in [1.54, 1.807) is 6.07 Å². The molecule has 2 N–H and O–H groups in total. The highest BCUT2D eigenvalue weighted by molar-refractivity contribution is 5.94. The predicted molar refractivity (Wildman–Crippen MR) is 159 cm³/mol. The Bertz CT molecular complexity index is 741. The second-order valence-corrected chi connectivity index (χ2v) is 10.3. The Hall–Kier alpha value is -2.30. The second kappa shape index (κ2) is 26.3. The van der Waals surface area contributed by atoms with E-state index in [9.17, 15) is 14.7 Å². The van der Waals surface area contributed by atoms with Crippen LogP contribution in [-0.4, -0.2) is 29.1 Å². The first-order valence-corrected chi connectivity index (χ1v) is 15.2. The quantitative estimate of drug-likeness (QED) is 0.0832. The van der Waals surface area contributed by atoms with Gasteiger partial charge in [0.2, 0.25) is 0 Å². The van der Waals surface area contributed by atoms with Crippen molar-refractivity contribution < 1.29 is 24.5 Å². The van der Waals surface area contributed by atoms with Crippen molar-refractivity contribution >= 4 is 11.8 Å². The summed E-state index contributed by atoms with van der Waals surface area (Å²) in [6, 6.07) is 4.51. The molecule has 5 heteroatoms. The number of ether oxygens (including phenoxy) is 1. The van der Waals surface area contributed by atoms with E-state index in [4.69, 9.17) is 9.84 Å². The maximum atomic E-state index is 10.9. The maximum Gasteiger partial charge on any atom is 0.303 e. The van der Waals surface area contributed by atoms with Gasteiger partial charge in [-0.1, -0.05) is 109 Å². The molecule has 0 spiro atoms. The molecule has 0 unspecified atom stereocenters. The molecule has 1 rings (SSSR count). The number of phenolic OH excluding ortho intramolecular Hbond substituents is 1. The summed E-state index contributed by atoms with van der Waals surface area (Å²) in [6.07, 6.45) is 30.1. The van der Waals surface area contributed by atoms with Gasteiger partial charge in [0.05, 0.1) is 7.11 Å². The number of methoxy groups -OCH3 is 1. The van der Waals surface area contributed by atoms with Crippen LogP contribution in [0.3, 0.4) is 0 Å². The van der Waals surface area contributed by atoms with Gasteiger partial charge in [0.25, 0.3) is 0 Å². The Morgan fingerprint density at radius 1 is 0.737 bits per heavy atom. The van der Waals surface area contributed by atoms with E-state index in [1.165, 1.54) is 135 Å². The number of Topliss-reactive ketones (excluding diaryl/α,β-unsaturated/α-hetero) is 1. The van der Waals surface area contributed by atoms with Crippen LogP contribution in [0.1, 0.15) is 153 Å². The van der Waals surface area contributed by atoms with Gasteiger partial charge in [-0.3, -0.25) is 9.59 Å². The van der Waals surface area contributed by atoms with Crippen molar-refractivity contribution in [1.82, 2.24) is 0 Å². The fourth-order valence-corrected chi connectivity index (χ4v) is 4.30. The van der Waals surface area contributed by atoms with E-state index in [-0.39, 0.29) is 11.5 Å². The third-order valence-electron chi connectivity index (χ3n) is 6.74. The standard InChI is InChI=1S/C24H46O2.C9H10O3/c1-2-3-4-5-6-7-8-9-10-11-12-13-14-15-16-17-18-19-20-21-22-23-24(25)26;1-6(10)7-3-4-8(11)9(5-7)12-2/h9-10H,2-8,11-23H2,1H3,(H,25,26);3-5,11H,1-2H3/b10-9+;. The number of carboxylic acids is 1. The second-order valence-electron chi connectivity index (χ2n) is 10.3. The van der Waals surface area contributed by atoms with E-state index in [0.29, 0.717) is 17.7 Å². The highest BCUT2D eigenvalue weighted by atomic mass is 16.5. The summed E-state index contributed by atoms with van der Waals surface area (Å²) in [6.45, 7) is 3.74. The number of carboxylic acid groups (broad SMARTS) is 1. The molecule has 0 fully saturated rings. The first-order chi connectivity index (χ1) is 18.4. The highest BCUT2D eigenvalue weighted by Gasteiger charge is 2.04. The van der Waals surface area contributed by atoms with Gasteiger partial charge in [-0.05, 0) is 57.2 Å². The van der Waals surface area contributed by atoms with Crippen molar-refractivity contribution in [3.8, 4) is 11.5 Å². The van der Waals surface area contributed by atoms with Crippen molar-refractivity contribution in [2.24, 2.45) is 0 Å². The number of ketones is 1. The molecule has 0 amide bonds. The van der Waals surface area contributed by atoms with Crippen molar-refractivity contribution in [3.05, 3.63) is 35.9 Å². The topological polar surface area (TPSA) is 83.8 Å². The lowest BCUT2D eigenvalue weighted by Crippen LogP contribution is -1.93. The summed E-state index contributed by atoms with van der Waals surface area (Å²) in [4.78, 5) is 21.3. The molecule has 0 aliphatic carbocycles. The molecule has 0 bridgehead atoms. The molecule has 1 aromatic carbocycles. The largest absolute Gasteiger partial charge is 0.504 e. The van der Waals surface area contributed by atoms with Crippen LogP contribution in [0.15, 0.2) is 30.4 Å². The van der Waals surface area contributed by atoms with Crippen LogP contribution in [0.2, 0.25) is 0 Å². The van der Waals surface area contributed by atoms with E-state index < -0.39 is 5.97 Å². The van der Waals surface area contributed by atoms with Gasteiger partial charge >= 0.3 is 5.97 Å². The number of unbranched alkanes of at least 4 members (excludes halogenated alkanes) is 17. The molecule has 0 atom stereocenters. The van der Waals surface area contributed by atoms with Crippen LogP contribution >= 0.6 is 0 Å². The van der Waals surface area contributed by atoms with Crippen LogP contribution in [-0.2, 0) is 4.79 Å². The van der Waals surface area contributed by atoms with Gasteiger partial charge in [-0.15, -0.1) is 0 Å². The fraction of sp³-hybridized carbons (Fsp3) is 0.697. The summed E-state index contributed by atoms with van der Waals surface area (Å²) in [7, 11) is 1.44. The molecular weight excluding hydrogens is 476 g/mol. The number of hydrogen-bond donors (Lipinski definition) is 2. The lowest BCUT2D eigenvalue weighted by Gasteiger charge is -2.03. The summed E-state index contributed by atoms with van der Waals surface area (Å²) in [5.41, 5.74) is 0.532. The van der Waals surface area contributed by atoms with E-state index in [2.05, 4.69) is 19.1 Å². The lowest BCUT2D eigenvalue weighted by atomic mass is 10.0. The number of carbonyl (C=O) groups excluding carboxylic acids is 1. The van der Waals surface area contributed by atoms with Gasteiger partial charge in [0.15, 0.2) is 17.3 Å². The van der Waals surface area contributed by atoms with Gasteiger partial charge in [-0.25, -0.2) is 0 Å². The Kier molecular flexibility index (Phi) is 24.7. The number of allylic oxidation sites excluding steroid dienone is 2. The molecule has 1 aromatic rings. The van der Waals surface area contributed by atoms with Gasteiger partial charge in [0, 0.05) is 12.0 Å². The van der Waals surface area contributed by atoms with E-state index in [0.717, 1.165) is 12.8 Å². The number of benzene rings is 1. The third-order valence-corrected chi connectivity index (χ3v) is 6.74. The smallest absolute Gasteiger partial charge is 0.303 e. The number of rotatable bonds is 23. The van der Waals surface area contributed by atoms with Crippen molar-refractivity contribution in [3.63, 3.8) is 0 Å². The Morgan fingerprint density at radius 2 is 1.18 bits per heavy atom. The van der Waals surface area contributed by atoms with Crippen LogP contribution in [0, 0.1) is 0 Å². The SMILES string of the molecule is CCCCCCCC/C=C/CCCCCCCCCCCCCC(=O)O.COc1cc(C(C)=O)ccc1O. The molecule has 0 saturated heterocycles. The van der Waals surface area contributed by atoms with Crippen molar-refractivity contribution in [1.29, 1.82) is 0 Å². The summed E-state index contributed by atoms with van der Waals surface area (Å²) in [5.74, 6) is -0.336. The highest BCUT2D eigenvalue weighted by Crippen LogP contribution is 2.26. The molecule has 0 heterocycles. The molecule has 38 heavy (non-hydrogen) atoms. The summed E-state index contributed by atoms with van der Waals surface area (Å²) < 4.78 is 4.83. The van der Waals surface area contributed by atoms with Crippen molar-refractivity contribution in [2.75, 3.05) is 7.11 Å². The number of carbonyl (C=O) groups is 2. The third kappa shape index (κ3) is 22.9. The molecule has 0 aliphatic rings. The van der Waals surface area contributed by atoms with Crippen molar-refractivity contribution in [2.45, 2.75) is 142 Å². The molecule has 0 radical (unpaired) electrons. The normalized spacial score (nSPS) is 10.8. The monoisotopic (exact) mass is 532 g/mol. The average Bonchev–Trinajstić information content (AvgIpc) is 2.90. The van der Waals surface area contributed by atoms with Gasteiger partial charge < -0.3 is 14.9 Å². The molecule has 0 aromatic heterocycles. The van der Waals surface area contributed by atoms with Crippen LogP contribution < -0.4 is 4.74 Å². The number of phenols is 1.